The molecule has 2 heterocycles. The largest absolute Gasteiger partial charge is 0.368 e. The maximum atomic E-state index is 6.04. The molecular formula is C10H11Cl3N2S2. The molecule has 0 aromatic carbocycles. The third kappa shape index (κ3) is 4.00. The van der Waals surface area contributed by atoms with E-state index in [4.69, 9.17) is 34.8 Å². The summed E-state index contributed by atoms with van der Waals surface area (Å²) >= 11 is 21.7. The number of hydrogen-bond donors (Lipinski definition) is 1. The highest BCUT2D eigenvalue weighted by atomic mass is 35.5. The van der Waals surface area contributed by atoms with Gasteiger partial charge in [-0.05, 0) is 6.07 Å². The number of rotatable bonds is 3. The highest BCUT2D eigenvalue weighted by molar-refractivity contribution is 8.06. The van der Waals surface area contributed by atoms with Crippen molar-refractivity contribution in [2.24, 2.45) is 0 Å². The van der Waals surface area contributed by atoms with Crippen molar-refractivity contribution in [3.05, 3.63) is 21.3 Å². The lowest BCUT2D eigenvalue weighted by Gasteiger charge is -2.21. The van der Waals surface area contributed by atoms with Crippen LogP contribution < -0.4 is 5.32 Å². The van der Waals surface area contributed by atoms with Crippen molar-refractivity contribution >= 4 is 64.1 Å². The van der Waals surface area contributed by atoms with Crippen LogP contribution in [-0.2, 0) is 0 Å². The molecule has 1 fully saturated rings. The van der Waals surface area contributed by atoms with Crippen LogP contribution in [0.1, 0.15) is 0 Å². The number of nitrogens with one attached hydrogen (secondary N) is 1. The Kier molecular flexibility index (Phi) is 5.43. The minimum atomic E-state index is 0.282. The minimum absolute atomic E-state index is 0.282. The molecule has 0 saturated carbocycles. The van der Waals surface area contributed by atoms with Gasteiger partial charge in [0.2, 0.25) is 0 Å². The summed E-state index contributed by atoms with van der Waals surface area (Å²) < 4.78 is 0. The van der Waals surface area contributed by atoms with Gasteiger partial charge in [0.25, 0.3) is 0 Å². The zero-order chi connectivity index (χ0) is 12.3. The van der Waals surface area contributed by atoms with Gasteiger partial charge in [-0.15, -0.1) is 0 Å². The van der Waals surface area contributed by atoms with Crippen molar-refractivity contribution in [1.29, 1.82) is 0 Å². The summed E-state index contributed by atoms with van der Waals surface area (Å²) in [5.41, 5.74) is 0. The van der Waals surface area contributed by atoms with Crippen LogP contribution in [0.15, 0.2) is 6.07 Å². The summed E-state index contributed by atoms with van der Waals surface area (Å²) in [5, 5.41) is 5.00. The standard InChI is InChI=1S/C10H11Cl3N2S2/c11-7-3-8(12)10(15-9(7)13)14-4-6-5-16-1-2-17-6/h3,6H,1-2,4-5H2,(H,14,15). The monoisotopic (exact) mass is 328 g/mol. The summed E-state index contributed by atoms with van der Waals surface area (Å²) in [6.07, 6.45) is 0. The molecule has 1 saturated heterocycles. The number of anilines is 1. The van der Waals surface area contributed by atoms with E-state index in [-0.39, 0.29) is 5.15 Å². The van der Waals surface area contributed by atoms with Gasteiger partial charge in [0.1, 0.15) is 11.0 Å². The molecule has 17 heavy (non-hydrogen) atoms. The summed E-state index contributed by atoms with van der Waals surface area (Å²) in [6, 6.07) is 1.61. The van der Waals surface area contributed by atoms with Crippen molar-refractivity contribution in [3.63, 3.8) is 0 Å². The Morgan fingerprint density at radius 2 is 2.12 bits per heavy atom. The quantitative estimate of drug-likeness (QED) is 0.836. The molecule has 0 radical (unpaired) electrons. The molecule has 1 aromatic rings. The van der Waals surface area contributed by atoms with Crippen molar-refractivity contribution in [1.82, 2.24) is 4.98 Å². The Balaban J connectivity index is 1.96. The Morgan fingerprint density at radius 1 is 1.29 bits per heavy atom. The Hall–Kier alpha value is 0.520. The van der Waals surface area contributed by atoms with Gasteiger partial charge in [-0.25, -0.2) is 4.98 Å². The molecule has 1 aliphatic rings. The van der Waals surface area contributed by atoms with Crippen molar-refractivity contribution in [2.45, 2.75) is 5.25 Å². The molecule has 0 spiro atoms. The van der Waals surface area contributed by atoms with E-state index >= 15 is 0 Å². The zero-order valence-electron chi connectivity index (χ0n) is 8.88. The maximum absolute atomic E-state index is 6.04. The number of hydrogen-bond acceptors (Lipinski definition) is 4. The average Bonchev–Trinajstić information content (AvgIpc) is 2.33. The number of thioether (sulfide) groups is 2. The first-order chi connectivity index (χ1) is 8.16. The van der Waals surface area contributed by atoms with Gasteiger partial charge >= 0.3 is 0 Å². The molecule has 94 valence electrons. The second-order valence-corrected chi connectivity index (χ2v) is 7.27. The van der Waals surface area contributed by atoms with E-state index < -0.39 is 0 Å². The minimum Gasteiger partial charge on any atom is -0.368 e. The predicted octanol–water partition coefficient (Wildman–Crippen LogP) is 4.30. The summed E-state index contributed by atoms with van der Waals surface area (Å²) in [6.45, 7) is 0.850. The van der Waals surface area contributed by atoms with Gasteiger partial charge in [0, 0.05) is 29.1 Å². The fraction of sp³-hybridized carbons (Fsp3) is 0.500. The third-order valence-electron chi connectivity index (χ3n) is 2.27. The zero-order valence-corrected chi connectivity index (χ0v) is 12.8. The van der Waals surface area contributed by atoms with E-state index in [1.165, 1.54) is 11.5 Å². The summed E-state index contributed by atoms with van der Waals surface area (Å²) in [4.78, 5) is 4.13. The molecule has 1 unspecified atom stereocenters. The van der Waals surface area contributed by atoms with E-state index in [1.54, 1.807) is 6.07 Å². The first-order valence-electron chi connectivity index (χ1n) is 5.11. The van der Waals surface area contributed by atoms with Crippen molar-refractivity contribution in [2.75, 3.05) is 29.1 Å². The van der Waals surface area contributed by atoms with E-state index in [0.717, 1.165) is 12.3 Å². The van der Waals surface area contributed by atoms with Crippen LogP contribution in [0.2, 0.25) is 15.2 Å². The lowest BCUT2D eigenvalue weighted by atomic mass is 10.4. The van der Waals surface area contributed by atoms with E-state index in [1.807, 2.05) is 23.5 Å². The Morgan fingerprint density at radius 3 is 2.82 bits per heavy atom. The smallest absolute Gasteiger partial charge is 0.150 e. The predicted molar refractivity (Wildman–Crippen MR) is 81.3 cm³/mol. The van der Waals surface area contributed by atoms with Crippen LogP contribution >= 0.6 is 58.3 Å². The molecule has 2 rings (SSSR count). The molecule has 0 bridgehead atoms. The van der Waals surface area contributed by atoms with Crippen LogP contribution in [0.4, 0.5) is 5.82 Å². The molecule has 1 aromatic heterocycles. The van der Waals surface area contributed by atoms with Crippen LogP contribution in [-0.4, -0.2) is 34.0 Å². The lowest BCUT2D eigenvalue weighted by Crippen LogP contribution is -2.23. The second-order valence-electron chi connectivity index (χ2n) is 3.54. The highest BCUT2D eigenvalue weighted by Gasteiger charge is 2.15. The first-order valence-corrected chi connectivity index (χ1v) is 8.45. The highest BCUT2D eigenvalue weighted by Crippen LogP contribution is 2.30. The van der Waals surface area contributed by atoms with Gasteiger partial charge in [-0.1, -0.05) is 34.8 Å². The summed E-state index contributed by atoms with van der Waals surface area (Å²) in [5.74, 6) is 4.22. The van der Waals surface area contributed by atoms with Crippen molar-refractivity contribution in [3.8, 4) is 0 Å². The van der Waals surface area contributed by atoms with E-state index in [0.29, 0.717) is 21.1 Å². The van der Waals surface area contributed by atoms with Crippen LogP contribution in [0.25, 0.3) is 0 Å². The fourth-order valence-electron chi connectivity index (χ4n) is 1.43. The molecule has 0 amide bonds. The Labute approximate surface area is 124 Å². The van der Waals surface area contributed by atoms with E-state index in [2.05, 4.69) is 10.3 Å². The van der Waals surface area contributed by atoms with Crippen LogP contribution in [0.3, 0.4) is 0 Å². The van der Waals surface area contributed by atoms with Gasteiger partial charge < -0.3 is 5.32 Å². The van der Waals surface area contributed by atoms with Gasteiger partial charge in [-0.3, -0.25) is 0 Å². The fourth-order valence-corrected chi connectivity index (χ4v) is 4.61. The molecule has 1 aliphatic heterocycles. The topological polar surface area (TPSA) is 24.9 Å². The van der Waals surface area contributed by atoms with Gasteiger partial charge in [0.05, 0.1) is 10.0 Å². The molecular weight excluding hydrogens is 319 g/mol. The molecule has 0 aliphatic carbocycles. The molecule has 7 heteroatoms. The Bertz CT molecular complexity index is 397. The second kappa shape index (κ2) is 6.62. The molecule has 1 N–H and O–H groups in total. The normalized spacial score (nSPS) is 20.3. The molecule has 1 atom stereocenters. The van der Waals surface area contributed by atoms with Gasteiger partial charge in [-0.2, -0.15) is 23.5 Å². The van der Waals surface area contributed by atoms with E-state index in [9.17, 15) is 0 Å². The first kappa shape index (κ1) is 13.9. The van der Waals surface area contributed by atoms with Crippen LogP contribution in [0, 0.1) is 0 Å². The third-order valence-corrected chi connectivity index (χ3v) is 6.07. The number of nitrogens with zero attached hydrogens (tertiary/aromatic N) is 1. The van der Waals surface area contributed by atoms with Gasteiger partial charge in [0.15, 0.2) is 0 Å². The maximum Gasteiger partial charge on any atom is 0.150 e. The number of halogens is 3. The summed E-state index contributed by atoms with van der Waals surface area (Å²) in [7, 11) is 0. The number of aromatic nitrogens is 1. The SMILES string of the molecule is Clc1cc(Cl)c(NCC2CSCCS2)nc1Cl. The van der Waals surface area contributed by atoms with Crippen molar-refractivity contribution < 1.29 is 0 Å². The lowest BCUT2D eigenvalue weighted by molar-refractivity contribution is 0.993. The molecule has 2 nitrogen and oxygen atoms in total. The average molecular weight is 330 g/mol. The van der Waals surface area contributed by atoms with Crippen LogP contribution in [0.5, 0.6) is 0 Å². The number of pyridine rings is 1.